The van der Waals surface area contributed by atoms with Crippen LogP contribution in [0.1, 0.15) is 19.8 Å². The molecule has 8 heteroatoms. The van der Waals surface area contributed by atoms with E-state index in [1.165, 1.54) is 6.92 Å². The fraction of sp³-hybridized carbons (Fsp3) is 0.556. The minimum absolute atomic E-state index is 0.0443. The fourth-order valence-electron chi connectivity index (χ4n) is 1.07. The Bertz CT molecular complexity index is 341. The molecule has 7 nitrogen and oxygen atoms in total. The molecule has 1 fully saturated rings. The van der Waals surface area contributed by atoms with Crippen molar-refractivity contribution in [1.82, 2.24) is 10.4 Å². The summed E-state index contributed by atoms with van der Waals surface area (Å²) in [7, 11) is 0. The van der Waals surface area contributed by atoms with Crippen molar-refractivity contribution < 1.29 is 24.0 Å². The molecule has 17 heavy (non-hydrogen) atoms. The lowest BCUT2D eigenvalue weighted by atomic mass is 10.4. The van der Waals surface area contributed by atoms with E-state index in [9.17, 15) is 19.2 Å². The van der Waals surface area contributed by atoms with Crippen molar-refractivity contribution in [2.24, 2.45) is 0 Å². The van der Waals surface area contributed by atoms with Gasteiger partial charge in [-0.15, -0.1) is 16.8 Å². The zero-order valence-corrected chi connectivity index (χ0v) is 10.0. The van der Waals surface area contributed by atoms with Gasteiger partial charge in [0.1, 0.15) is 0 Å². The van der Waals surface area contributed by atoms with Crippen molar-refractivity contribution in [1.29, 1.82) is 0 Å². The number of carbonyl (C=O) groups is 4. The van der Waals surface area contributed by atoms with Gasteiger partial charge in [0.2, 0.25) is 5.91 Å². The van der Waals surface area contributed by atoms with Crippen molar-refractivity contribution in [3.05, 3.63) is 0 Å². The van der Waals surface area contributed by atoms with E-state index < -0.39 is 17.8 Å². The number of thioether (sulfide) groups is 1. The molecule has 1 heterocycles. The Kier molecular flexibility index (Phi) is 4.95. The third-order valence-corrected chi connectivity index (χ3v) is 2.63. The summed E-state index contributed by atoms with van der Waals surface area (Å²) in [5.41, 5.74) is 0. The summed E-state index contributed by atoms with van der Waals surface area (Å²) in [5.74, 6) is -1.67. The van der Waals surface area contributed by atoms with Crippen LogP contribution in [0, 0.1) is 0 Å². The van der Waals surface area contributed by atoms with Crippen LogP contribution < -0.4 is 5.32 Å². The Balaban J connectivity index is 2.23. The highest BCUT2D eigenvalue weighted by molar-refractivity contribution is 7.99. The van der Waals surface area contributed by atoms with Crippen molar-refractivity contribution in [3.63, 3.8) is 0 Å². The molecule has 94 valence electrons. The van der Waals surface area contributed by atoms with Gasteiger partial charge in [-0.2, -0.15) is 0 Å². The maximum atomic E-state index is 11.2. The molecule has 0 unspecified atom stereocenters. The van der Waals surface area contributed by atoms with Gasteiger partial charge in [0, 0.05) is 19.8 Å². The van der Waals surface area contributed by atoms with Crippen molar-refractivity contribution in [2.75, 3.05) is 11.6 Å². The van der Waals surface area contributed by atoms with Crippen LogP contribution in [0.4, 0.5) is 0 Å². The van der Waals surface area contributed by atoms with Gasteiger partial charge in [-0.05, 0) is 0 Å². The van der Waals surface area contributed by atoms with E-state index in [1.54, 1.807) is 0 Å². The SMILES string of the molecule is CC(=O)NCSCC(=O)ON1C(=O)CCC1=O. The Hall–Kier alpha value is -1.57. The van der Waals surface area contributed by atoms with Gasteiger partial charge in [0.05, 0.1) is 11.6 Å². The highest BCUT2D eigenvalue weighted by atomic mass is 32.2. The topological polar surface area (TPSA) is 92.8 Å². The predicted molar refractivity (Wildman–Crippen MR) is 58.3 cm³/mol. The first kappa shape index (κ1) is 13.5. The smallest absolute Gasteiger partial charge is 0.343 e. The first-order valence-corrected chi connectivity index (χ1v) is 6.05. The molecular weight excluding hydrogens is 248 g/mol. The molecule has 1 aliphatic rings. The molecule has 0 saturated carbocycles. The Labute approximate surface area is 102 Å². The molecule has 0 aromatic rings. The standard InChI is InChI=1S/C9H12N2O5S/c1-6(12)10-5-17-4-9(15)16-11-7(13)2-3-8(11)14/h2-5H2,1H3,(H,10,12). The first-order valence-electron chi connectivity index (χ1n) is 4.89. The van der Waals surface area contributed by atoms with Crippen LogP contribution in [0.15, 0.2) is 0 Å². The number of nitrogens with one attached hydrogen (secondary N) is 1. The minimum atomic E-state index is -0.691. The molecule has 3 amide bonds. The lowest BCUT2D eigenvalue weighted by Gasteiger charge is -2.12. The summed E-state index contributed by atoms with van der Waals surface area (Å²) < 4.78 is 0. The number of hydroxylamine groups is 2. The normalized spacial score (nSPS) is 15.0. The molecule has 0 aromatic carbocycles. The monoisotopic (exact) mass is 260 g/mol. The van der Waals surface area contributed by atoms with Crippen LogP contribution in [-0.2, 0) is 24.0 Å². The second-order valence-electron chi connectivity index (χ2n) is 3.27. The molecule has 1 saturated heterocycles. The Morgan fingerprint density at radius 2 is 1.94 bits per heavy atom. The van der Waals surface area contributed by atoms with Gasteiger partial charge >= 0.3 is 5.97 Å². The average molecular weight is 260 g/mol. The van der Waals surface area contributed by atoms with Gasteiger partial charge in [-0.25, -0.2) is 4.79 Å². The number of amides is 3. The summed E-state index contributed by atoms with van der Waals surface area (Å²) in [6, 6.07) is 0. The molecule has 0 atom stereocenters. The van der Waals surface area contributed by atoms with Gasteiger partial charge < -0.3 is 10.2 Å². The molecule has 0 aromatic heterocycles. The lowest BCUT2D eigenvalue weighted by molar-refractivity contribution is -0.195. The van der Waals surface area contributed by atoms with E-state index in [1.807, 2.05) is 0 Å². The van der Waals surface area contributed by atoms with E-state index >= 15 is 0 Å². The second kappa shape index (κ2) is 6.24. The lowest BCUT2D eigenvalue weighted by Crippen LogP contribution is -2.33. The van der Waals surface area contributed by atoms with E-state index in [0.717, 1.165) is 11.8 Å². The third kappa shape index (κ3) is 4.43. The summed E-state index contributed by atoms with van der Waals surface area (Å²) >= 11 is 1.12. The fourth-order valence-corrected chi connectivity index (χ4v) is 1.70. The molecule has 0 bridgehead atoms. The summed E-state index contributed by atoms with van der Waals surface area (Å²) in [6.07, 6.45) is 0.149. The maximum absolute atomic E-state index is 11.2. The second-order valence-corrected chi connectivity index (χ2v) is 4.26. The predicted octanol–water partition coefficient (Wildman–Crippen LogP) is -0.580. The molecule has 0 radical (unpaired) electrons. The van der Waals surface area contributed by atoms with E-state index in [2.05, 4.69) is 10.2 Å². The van der Waals surface area contributed by atoms with E-state index in [4.69, 9.17) is 0 Å². The van der Waals surface area contributed by atoms with E-state index in [0.29, 0.717) is 5.06 Å². The average Bonchev–Trinajstić information content (AvgIpc) is 2.56. The van der Waals surface area contributed by atoms with E-state index in [-0.39, 0.29) is 30.4 Å². The number of carbonyl (C=O) groups excluding carboxylic acids is 4. The molecular formula is C9H12N2O5S. The van der Waals surface area contributed by atoms with Crippen LogP contribution >= 0.6 is 11.8 Å². The van der Waals surface area contributed by atoms with Crippen LogP contribution in [0.5, 0.6) is 0 Å². The minimum Gasteiger partial charge on any atom is -0.347 e. The van der Waals surface area contributed by atoms with Gasteiger partial charge in [-0.3, -0.25) is 14.4 Å². The molecule has 0 spiro atoms. The van der Waals surface area contributed by atoms with Crippen LogP contribution in [-0.4, -0.2) is 40.4 Å². The zero-order valence-electron chi connectivity index (χ0n) is 9.23. The number of hydrogen-bond donors (Lipinski definition) is 1. The third-order valence-electron chi connectivity index (χ3n) is 1.84. The van der Waals surface area contributed by atoms with Crippen molar-refractivity contribution in [3.8, 4) is 0 Å². The summed E-state index contributed by atoms with van der Waals surface area (Å²) in [5, 5.41) is 2.98. The quantitative estimate of drug-likeness (QED) is 0.404. The number of rotatable bonds is 5. The Morgan fingerprint density at radius 3 is 2.47 bits per heavy atom. The molecule has 1 N–H and O–H groups in total. The highest BCUT2D eigenvalue weighted by Gasteiger charge is 2.32. The van der Waals surface area contributed by atoms with Crippen LogP contribution in [0.25, 0.3) is 0 Å². The molecule has 1 aliphatic heterocycles. The summed E-state index contributed by atoms with van der Waals surface area (Å²) in [6.45, 7) is 1.36. The zero-order chi connectivity index (χ0) is 12.8. The summed E-state index contributed by atoms with van der Waals surface area (Å²) in [4.78, 5) is 48.6. The molecule has 0 aliphatic carbocycles. The van der Waals surface area contributed by atoms with Crippen molar-refractivity contribution in [2.45, 2.75) is 19.8 Å². The molecule has 1 rings (SSSR count). The van der Waals surface area contributed by atoms with Crippen LogP contribution in [0.3, 0.4) is 0 Å². The number of imide groups is 1. The van der Waals surface area contributed by atoms with Gasteiger partial charge in [-0.1, -0.05) is 0 Å². The highest BCUT2D eigenvalue weighted by Crippen LogP contribution is 2.12. The number of nitrogens with zero attached hydrogens (tertiary/aromatic N) is 1. The van der Waals surface area contributed by atoms with Crippen molar-refractivity contribution >= 4 is 35.5 Å². The van der Waals surface area contributed by atoms with Gasteiger partial charge in [0.25, 0.3) is 11.8 Å². The van der Waals surface area contributed by atoms with Crippen LogP contribution in [0.2, 0.25) is 0 Å². The Morgan fingerprint density at radius 1 is 1.35 bits per heavy atom. The maximum Gasteiger partial charge on any atom is 0.343 e. The van der Waals surface area contributed by atoms with Gasteiger partial charge in [0.15, 0.2) is 0 Å². The largest absolute Gasteiger partial charge is 0.347 e. The number of hydrogen-bond acceptors (Lipinski definition) is 6. The first-order chi connectivity index (χ1) is 8.00.